The molecule has 3 atom stereocenters. The highest BCUT2D eigenvalue weighted by Crippen LogP contribution is 2.23. The van der Waals surface area contributed by atoms with Crippen LogP contribution in [0.3, 0.4) is 0 Å². The molecular formula is C16H20N2O3S. The van der Waals surface area contributed by atoms with Crippen molar-refractivity contribution >= 4 is 22.6 Å². The lowest BCUT2D eigenvalue weighted by atomic mass is 10.1. The van der Waals surface area contributed by atoms with Gasteiger partial charge in [0.2, 0.25) is 5.91 Å². The minimum atomic E-state index is -0.870. The van der Waals surface area contributed by atoms with Gasteiger partial charge in [0, 0.05) is 41.2 Å². The predicted molar refractivity (Wildman–Crippen MR) is 84.8 cm³/mol. The molecule has 1 aromatic carbocycles. The number of hydrogen-bond acceptors (Lipinski definition) is 3. The molecular weight excluding hydrogens is 300 g/mol. The maximum atomic E-state index is 12.5. The number of hydrogen-bond donors (Lipinski definition) is 0. The number of carbonyl (C=O) groups is 2. The Bertz CT molecular complexity index is 646. The first-order chi connectivity index (χ1) is 10.5. The van der Waals surface area contributed by atoms with Crippen molar-refractivity contribution in [3.8, 4) is 0 Å². The first kappa shape index (κ1) is 15.2. The van der Waals surface area contributed by atoms with Crippen LogP contribution in [0.5, 0.6) is 0 Å². The van der Waals surface area contributed by atoms with E-state index in [1.807, 2.05) is 32.0 Å². The van der Waals surface area contributed by atoms with Crippen molar-refractivity contribution in [1.82, 2.24) is 9.80 Å². The fourth-order valence-corrected chi connectivity index (χ4v) is 4.43. The highest BCUT2D eigenvalue weighted by Gasteiger charge is 2.35. The number of carbonyl (C=O) groups excluding carboxylic acids is 2. The van der Waals surface area contributed by atoms with Gasteiger partial charge in [0.1, 0.15) is 6.54 Å². The van der Waals surface area contributed by atoms with Crippen LogP contribution < -0.4 is 0 Å². The number of rotatable bonds is 2. The van der Waals surface area contributed by atoms with E-state index in [4.69, 9.17) is 0 Å². The average molecular weight is 320 g/mol. The molecule has 22 heavy (non-hydrogen) atoms. The Labute approximate surface area is 132 Å². The lowest BCUT2D eigenvalue weighted by Crippen LogP contribution is -2.54. The van der Waals surface area contributed by atoms with Crippen LogP contribution in [-0.2, 0) is 22.1 Å². The summed E-state index contributed by atoms with van der Waals surface area (Å²) in [5, 5.41) is -0.0239. The van der Waals surface area contributed by atoms with Gasteiger partial charge in [-0.3, -0.25) is 13.8 Å². The topological polar surface area (TPSA) is 57.7 Å². The second kappa shape index (κ2) is 5.83. The highest BCUT2D eigenvalue weighted by atomic mass is 32.2. The summed E-state index contributed by atoms with van der Waals surface area (Å²) in [6.45, 7) is 4.94. The van der Waals surface area contributed by atoms with Crippen molar-refractivity contribution in [1.29, 1.82) is 0 Å². The number of amides is 2. The van der Waals surface area contributed by atoms with E-state index < -0.39 is 10.8 Å². The quantitative estimate of drug-likeness (QED) is 0.817. The zero-order valence-corrected chi connectivity index (χ0v) is 13.6. The van der Waals surface area contributed by atoms with Crippen LogP contribution in [0.25, 0.3) is 0 Å². The van der Waals surface area contributed by atoms with Crippen molar-refractivity contribution in [3.05, 3.63) is 35.4 Å². The summed E-state index contributed by atoms with van der Waals surface area (Å²) in [5.74, 6) is 0.383. The standard InChI is InChI=1S/C16H20N2O3S/c1-11-12(2)22(21)8-7-18(11)15(19)10-17-9-13-5-3-4-6-14(13)16(17)20/h3-6,11-12H,7-10H2,1-2H3/t11-,12+,22+/m1/s1. The summed E-state index contributed by atoms with van der Waals surface area (Å²) in [7, 11) is -0.870. The molecule has 2 aliphatic heterocycles. The van der Waals surface area contributed by atoms with E-state index in [1.165, 1.54) is 0 Å². The van der Waals surface area contributed by atoms with Gasteiger partial charge >= 0.3 is 0 Å². The molecule has 118 valence electrons. The van der Waals surface area contributed by atoms with Crippen LogP contribution in [0.4, 0.5) is 0 Å². The van der Waals surface area contributed by atoms with E-state index in [0.29, 0.717) is 24.4 Å². The summed E-state index contributed by atoms with van der Waals surface area (Å²) < 4.78 is 11.8. The summed E-state index contributed by atoms with van der Waals surface area (Å²) in [5.41, 5.74) is 1.66. The van der Waals surface area contributed by atoms with E-state index in [1.54, 1.807) is 15.9 Å². The van der Waals surface area contributed by atoms with Gasteiger partial charge < -0.3 is 9.80 Å². The van der Waals surface area contributed by atoms with E-state index in [0.717, 1.165) is 5.56 Å². The molecule has 0 saturated carbocycles. The van der Waals surface area contributed by atoms with Crippen LogP contribution in [0, 0.1) is 0 Å². The summed E-state index contributed by atoms with van der Waals surface area (Å²) in [4.78, 5) is 28.2. The second-order valence-electron chi connectivity index (χ2n) is 5.94. The van der Waals surface area contributed by atoms with Crippen molar-refractivity contribution in [2.24, 2.45) is 0 Å². The normalized spacial score (nSPS) is 27.9. The first-order valence-corrected chi connectivity index (χ1v) is 8.91. The van der Waals surface area contributed by atoms with Gasteiger partial charge in [0.05, 0.1) is 5.25 Å². The van der Waals surface area contributed by atoms with Crippen molar-refractivity contribution in [2.75, 3.05) is 18.8 Å². The molecule has 2 aliphatic rings. The number of benzene rings is 1. The molecule has 1 saturated heterocycles. The minimum Gasteiger partial charge on any atom is -0.336 e. The number of fused-ring (bicyclic) bond motifs is 1. The Balaban J connectivity index is 1.69. The monoisotopic (exact) mass is 320 g/mol. The van der Waals surface area contributed by atoms with Crippen molar-refractivity contribution in [3.63, 3.8) is 0 Å². The van der Waals surface area contributed by atoms with Gasteiger partial charge in [-0.15, -0.1) is 0 Å². The largest absolute Gasteiger partial charge is 0.336 e. The van der Waals surface area contributed by atoms with E-state index in [2.05, 4.69) is 0 Å². The smallest absolute Gasteiger partial charge is 0.254 e. The Kier molecular flexibility index (Phi) is 4.04. The zero-order valence-electron chi connectivity index (χ0n) is 12.8. The molecule has 0 radical (unpaired) electrons. The molecule has 2 heterocycles. The third kappa shape index (κ3) is 2.56. The maximum absolute atomic E-state index is 12.5. The molecule has 5 nitrogen and oxygen atoms in total. The minimum absolute atomic E-state index is 0.0239. The summed E-state index contributed by atoms with van der Waals surface area (Å²) >= 11 is 0. The van der Waals surface area contributed by atoms with E-state index >= 15 is 0 Å². The molecule has 0 N–H and O–H groups in total. The van der Waals surface area contributed by atoms with Crippen LogP contribution in [0.15, 0.2) is 24.3 Å². The highest BCUT2D eigenvalue weighted by molar-refractivity contribution is 7.85. The average Bonchev–Trinajstić information content (AvgIpc) is 2.82. The second-order valence-corrected chi connectivity index (χ2v) is 7.85. The van der Waals surface area contributed by atoms with Gasteiger partial charge in [0.25, 0.3) is 5.91 Å². The van der Waals surface area contributed by atoms with Crippen LogP contribution in [0.2, 0.25) is 0 Å². The Morgan fingerprint density at radius 2 is 2.05 bits per heavy atom. The van der Waals surface area contributed by atoms with E-state index in [-0.39, 0.29) is 29.7 Å². The number of nitrogens with zero attached hydrogens (tertiary/aromatic N) is 2. The fourth-order valence-electron chi connectivity index (χ4n) is 3.10. The predicted octanol–water partition coefficient (Wildman–Crippen LogP) is 1.01. The summed E-state index contributed by atoms with van der Waals surface area (Å²) in [6.07, 6.45) is 0. The summed E-state index contributed by atoms with van der Waals surface area (Å²) in [6, 6.07) is 7.41. The molecule has 2 amide bonds. The third-order valence-corrected chi connectivity index (χ3v) is 6.47. The molecule has 1 aromatic rings. The Hall–Kier alpha value is -1.69. The molecule has 0 aromatic heterocycles. The van der Waals surface area contributed by atoms with Gasteiger partial charge in [-0.2, -0.15) is 0 Å². The lowest BCUT2D eigenvalue weighted by Gasteiger charge is -2.38. The first-order valence-electron chi connectivity index (χ1n) is 7.53. The maximum Gasteiger partial charge on any atom is 0.254 e. The molecule has 0 aliphatic carbocycles. The van der Waals surface area contributed by atoms with Crippen LogP contribution >= 0.6 is 0 Å². The zero-order chi connectivity index (χ0) is 15.9. The van der Waals surface area contributed by atoms with Crippen LogP contribution in [-0.4, -0.2) is 56.0 Å². The van der Waals surface area contributed by atoms with Crippen molar-refractivity contribution < 1.29 is 13.8 Å². The van der Waals surface area contributed by atoms with Gasteiger partial charge in [-0.1, -0.05) is 18.2 Å². The van der Waals surface area contributed by atoms with Gasteiger partial charge in [-0.25, -0.2) is 0 Å². The Morgan fingerprint density at radius 3 is 2.77 bits per heavy atom. The van der Waals surface area contributed by atoms with Gasteiger partial charge in [-0.05, 0) is 25.5 Å². The molecule has 0 unspecified atom stereocenters. The molecule has 1 fully saturated rings. The SMILES string of the molecule is C[C@@H]1[C@H](C)[S@@](=O)CCN1C(=O)CN1Cc2ccccc2C1=O. The third-order valence-electron chi connectivity index (χ3n) is 4.66. The van der Waals surface area contributed by atoms with Crippen molar-refractivity contribution in [2.45, 2.75) is 31.7 Å². The van der Waals surface area contributed by atoms with Gasteiger partial charge in [0.15, 0.2) is 0 Å². The molecule has 3 rings (SSSR count). The fraction of sp³-hybridized carbons (Fsp3) is 0.500. The Morgan fingerprint density at radius 1 is 1.32 bits per heavy atom. The lowest BCUT2D eigenvalue weighted by molar-refractivity contribution is -0.133. The molecule has 0 bridgehead atoms. The molecule has 0 spiro atoms. The van der Waals surface area contributed by atoms with Crippen LogP contribution in [0.1, 0.15) is 29.8 Å². The van der Waals surface area contributed by atoms with E-state index in [9.17, 15) is 13.8 Å². The molecule has 6 heteroatoms.